The van der Waals surface area contributed by atoms with Gasteiger partial charge in [0.15, 0.2) is 0 Å². The fourth-order valence-corrected chi connectivity index (χ4v) is 2.68. The monoisotopic (exact) mass is 389 g/mol. The van der Waals surface area contributed by atoms with Gasteiger partial charge in [-0.3, -0.25) is 4.79 Å². The Morgan fingerprint density at radius 2 is 1.69 bits per heavy atom. The zero-order chi connectivity index (χ0) is 20.2. The predicted octanol–water partition coefficient (Wildman–Crippen LogP) is 4.08. The summed E-state index contributed by atoms with van der Waals surface area (Å²) in [6.07, 6.45) is 0. The van der Waals surface area contributed by atoms with E-state index in [1.165, 1.54) is 28.9 Å². The van der Waals surface area contributed by atoms with Crippen molar-refractivity contribution in [2.45, 2.75) is 0 Å². The average molecular weight is 389 g/mol. The van der Waals surface area contributed by atoms with E-state index in [1.54, 1.807) is 55.6 Å². The van der Waals surface area contributed by atoms with Crippen molar-refractivity contribution in [2.24, 2.45) is 4.99 Å². The van der Waals surface area contributed by atoms with Gasteiger partial charge < -0.3 is 9.15 Å². The number of rotatable bonds is 5. The number of benzene rings is 3. The van der Waals surface area contributed by atoms with Crippen molar-refractivity contribution in [2.75, 3.05) is 7.11 Å². The van der Waals surface area contributed by atoms with E-state index in [4.69, 9.17) is 9.15 Å². The molecule has 0 aliphatic heterocycles. The van der Waals surface area contributed by atoms with Crippen LogP contribution in [0, 0.1) is 5.82 Å². The molecule has 0 aliphatic carbocycles. The lowest BCUT2D eigenvalue weighted by molar-refractivity contribution is 0.100. The van der Waals surface area contributed by atoms with Gasteiger partial charge in [0.2, 0.25) is 5.78 Å². The quantitative estimate of drug-likeness (QED) is 0.483. The number of ketones is 1. The molecule has 0 aliphatic rings. The van der Waals surface area contributed by atoms with Gasteiger partial charge in [-0.05, 0) is 48.5 Å². The summed E-state index contributed by atoms with van der Waals surface area (Å²) in [5.74, 6) is -0.189. The maximum absolute atomic E-state index is 13.3. The first-order valence-corrected chi connectivity index (χ1v) is 8.79. The second-order valence-electron chi connectivity index (χ2n) is 6.08. The first-order chi connectivity index (χ1) is 14.1. The highest BCUT2D eigenvalue weighted by atomic mass is 19.1. The summed E-state index contributed by atoms with van der Waals surface area (Å²) in [6.45, 7) is 0. The predicted molar refractivity (Wildman–Crippen MR) is 104 cm³/mol. The highest BCUT2D eigenvalue weighted by Gasteiger charge is 2.18. The molecule has 144 valence electrons. The summed E-state index contributed by atoms with van der Waals surface area (Å²) in [6, 6.07) is 21.3. The third-order valence-electron chi connectivity index (χ3n) is 4.16. The number of nitrogens with zero attached hydrogens (tertiary/aromatic N) is 3. The third kappa shape index (κ3) is 3.98. The fourth-order valence-electron chi connectivity index (χ4n) is 2.68. The summed E-state index contributed by atoms with van der Waals surface area (Å²) in [5, 5.41) is 4.28. The van der Waals surface area contributed by atoms with Gasteiger partial charge in [-0.1, -0.05) is 30.3 Å². The Balaban J connectivity index is 1.83. The van der Waals surface area contributed by atoms with Crippen LogP contribution in [0.1, 0.15) is 16.2 Å². The van der Waals surface area contributed by atoms with Crippen LogP contribution in [-0.4, -0.2) is 22.7 Å². The van der Waals surface area contributed by atoms with E-state index in [0.29, 0.717) is 22.7 Å². The van der Waals surface area contributed by atoms with E-state index >= 15 is 0 Å². The first kappa shape index (κ1) is 18.4. The zero-order valence-corrected chi connectivity index (χ0v) is 15.4. The molecule has 0 spiro atoms. The molecular weight excluding hydrogens is 373 g/mol. The van der Waals surface area contributed by atoms with Gasteiger partial charge in [0.05, 0.1) is 18.5 Å². The normalized spacial score (nSPS) is 11.4. The van der Waals surface area contributed by atoms with Crippen molar-refractivity contribution >= 4 is 11.5 Å². The highest BCUT2D eigenvalue weighted by molar-refractivity contribution is 6.05. The molecule has 0 radical (unpaired) electrons. The molecule has 0 atom stereocenters. The minimum Gasteiger partial charge on any atom is -0.497 e. The Hall–Kier alpha value is -4.00. The largest absolute Gasteiger partial charge is 0.497 e. The maximum Gasteiger partial charge on any atom is 0.325 e. The van der Waals surface area contributed by atoms with Crippen LogP contribution in [0.4, 0.5) is 10.1 Å². The summed E-state index contributed by atoms with van der Waals surface area (Å²) >= 11 is 0. The Bertz CT molecular complexity index is 1190. The molecule has 4 aromatic rings. The minimum atomic E-state index is -0.382. The molecule has 4 rings (SSSR count). The van der Waals surface area contributed by atoms with Gasteiger partial charge in [0.1, 0.15) is 11.6 Å². The molecule has 1 heterocycles. The lowest BCUT2D eigenvalue weighted by atomic mass is 10.1. The van der Waals surface area contributed by atoms with Gasteiger partial charge in [-0.15, -0.1) is 5.10 Å². The Morgan fingerprint density at radius 1 is 1.00 bits per heavy atom. The summed E-state index contributed by atoms with van der Waals surface area (Å²) in [5.41, 5.74) is 1.61. The van der Waals surface area contributed by atoms with Crippen LogP contribution in [-0.2, 0) is 0 Å². The first-order valence-electron chi connectivity index (χ1n) is 8.79. The number of hydrogen-bond donors (Lipinski definition) is 0. The SMILES string of the molecule is COc1ccc(/N=c2/oc(C(=O)c3ccccc3)nn2-c2ccc(F)cc2)cc1. The topological polar surface area (TPSA) is 69.6 Å². The van der Waals surface area contributed by atoms with Crippen LogP contribution < -0.4 is 10.4 Å². The smallest absolute Gasteiger partial charge is 0.325 e. The van der Waals surface area contributed by atoms with E-state index in [1.807, 2.05) is 6.07 Å². The van der Waals surface area contributed by atoms with Crippen molar-refractivity contribution in [1.29, 1.82) is 0 Å². The van der Waals surface area contributed by atoms with Crippen molar-refractivity contribution in [3.8, 4) is 11.4 Å². The van der Waals surface area contributed by atoms with Crippen molar-refractivity contribution in [3.63, 3.8) is 0 Å². The number of halogens is 1. The molecule has 29 heavy (non-hydrogen) atoms. The van der Waals surface area contributed by atoms with Crippen LogP contribution in [0.15, 0.2) is 88.3 Å². The van der Waals surface area contributed by atoms with E-state index < -0.39 is 0 Å². The molecule has 0 bridgehead atoms. The van der Waals surface area contributed by atoms with Gasteiger partial charge in [0.25, 0.3) is 5.89 Å². The molecule has 0 unspecified atom stereocenters. The number of ether oxygens (including phenoxy) is 1. The number of carbonyl (C=O) groups excluding carboxylic acids is 1. The van der Waals surface area contributed by atoms with Gasteiger partial charge in [-0.2, -0.15) is 9.67 Å². The summed E-state index contributed by atoms with van der Waals surface area (Å²) in [4.78, 5) is 17.2. The standard InChI is InChI=1S/C22H16FN3O3/c1-28-19-13-9-17(10-14-19)24-22-26(18-11-7-16(23)8-12-18)25-21(29-22)20(27)15-5-3-2-4-6-15/h2-14H,1H3/b24-22+. The minimum absolute atomic E-state index is 0.0843. The Morgan fingerprint density at radius 3 is 2.34 bits per heavy atom. The van der Waals surface area contributed by atoms with Crippen LogP contribution in [0.3, 0.4) is 0 Å². The van der Waals surface area contributed by atoms with Gasteiger partial charge in [0, 0.05) is 5.56 Å². The van der Waals surface area contributed by atoms with Crippen LogP contribution >= 0.6 is 0 Å². The molecular formula is C22H16FN3O3. The lowest BCUT2D eigenvalue weighted by Crippen LogP contribution is -2.15. The van der Waals surface area contributed by atoms with Crippen molar-refractivity contribution in [1.82, 2.24) is 9.78 Å². The Kier molecular flexibility index (Phi) is 5.03. The number of carbonyl (C=O) groups is 1. The Labute approximate surface area is 165 Å². The highest BCUT2D eigenvalue weighted by Crippen LogP contribution is 2.17. The molecule has 0 N–H and O–H groups in total. The van der Waals surface area contributed by atoms with Crippen molar-refractivity contribution in [3.05, 3.63) is 102 Å². The molecule has 1 aromatic heterocycles. The lowest BCUT2D eigenvalue weighted by Gasteiger charge is -2.00. The van der Waals surface area contributed by atoms with E-state index in [-0.39, 0.29) is 23.2 Å². The number of hydrogen-bond acceptors (Lipinski definition) is 5. The number of methoxy groups -OCH3 is 1. The van der Waals surface area contributed by atoms with Crippen LogP contribution in [0.2, 0.25) is 0 Å². The molecule has 0 amide bonds. The zero-order valence-electron chi connectivity index (χ0n) is 15.4. The van der Waals surface area contributed by atoms with Gasteiger partial charge in [-0.25, -0.2) is 4.39 Å². The van der Waals surface area contributed by atoms with Crippen molar-refractivity contribution < 1.29 is 18.3 Å². The molecule has 3 aromatic carbocycles. The molecule has 7 heteroatoms. The van der Waals surface area contributed by atoms with Crippen LogP contribution in [0.25, 0.3) is 5.69 Å². The molecule has 0 saturated carbocycles. The second-order valence-corrected chi connectivity index (χ2v) is 6.08. The van der Waals surface area contributed by atoms with Crippen LogP contribution in [0.5, 0.6) is 5.75 Å². The number of aromatic nitrogens is 2. The van der Waals surface area contributed by atoms with E-state index in [2.05, 4.69) is 10.1 Å². The van der Waals surface area contributed by atoms with Gasteiger partial charge >= 0.3 is 5.68 Å². The average Bonchev–Trinajstić information content (AvgIpc) is 3.18. The third-order valence-corrected chi connectivity index (χ3v) is 4.16. The van der Waals surface area contributed by atoms with E-state index in [0.717, 1.165) is 0 Å². The summed E-state index contributed by atoms with van der Waals surface area (Å²) < 4.78 is 25.5. The molecule has 0 saturated heterocycles. The maximum atomic E-state index is 13.3. The fraction of sp³-hybridized carbons (Fsp3) is 0.0455. The molecule has 0 fully saturated rings. The summed E-state index contributed by atoms with van der Waals surface area (Å²) in [7, 11) is 1.58. The van der Waals surface area contributed by atoms with E-state index in [9.17, 15) is 9.18 Å². The molecule has 6 nitrogen and oxygen atoms in total. The second kappa shape index (κ2) is 7.93.